The summed E-state index contributed by atoms with van der Waals surface area (Å²) in [5.41, 5.74) is 1.34. The van der Waals surface area contributed by atoms with E-state index in [1.165, 1.54) is 44.6 Å². The van der Waals surface area contributed by atoms with E-state index >= 15 is 0 Å². The highest BCUT2D eigenvalue weighted by Crippen LogP contribution is 2.89. The highest BCUT2D eigenvalue weighted by Gasteiger charge is 2.84. The molecule has 1 saturated heterocycles. The van der Waals surface area contributed by atoms with Gasteiger partial charge >= 0.3 is 0 Å². The number of hydrogen-bond acceptors (Lipinski definition) is 6. The Balaban J connectivity index is 1.11. The van der Waals surface area contributed by atoms with Crippen LogP contribution in [0.5, 0.6) is 0 Å². The van der Waals surface area contributed by atoms with Gasteiger partial charge in [-0.15, -0.1) is 0 Å². The van der Waals surface area contributed by atoms with Gasteiger partial charge in [0.2, 0.25) is 0 Å². The van der Waals surface area contributed by atoms with Crippen molar-refractivity contribution in [1.82, 2.24) is 0 Å². The molecule has 7 aliphatic rings. The number of aliphatic hydroxyl groups excluding tert-OH is 1. The van der Waals surface area contributed by atoms with Crippen molar-refractivity contribution in [2.75, 3.05) is 6.61 Å². The van der Waals surface area contributed by atoms with Crippen LogP contribution in [0.1, 0.15) is 119 Å². The average molecular weight is 605 g/mol. The van der Waals surface area contributed by atoms with Crippen molar-refractivity contribution in [3.05, 3.63) is 11.3 Å². The summed E-state index contributed by atoms with van der Waals surface area (Å²) in [7, 11) is 0. The number of fused-ring (bicyclic) bond motifs is 3. The Morgan fingerprint density at radius 1 is 1.00 bits per heavy atom. The lowest BCUT2D eigenvalue weighted by Gasteiger charge is -2.59. The molecular formula is C36H57FO6. The predicted octanol–water partition coefficient (Wildman–Crippen LogP) is 7.06. The molecule has 6 nitrogen and oxygen atoms in total. The molecule has 5 aliphatic carbocycles. The number of allylic oxidation sites excluding steroid dienone is 2. The molecule has 43 heavy (non-hydrogen) atoms. The largest absolute Gasteiger partial charge is 0.492 e. The summed E-state index contributed by atoms with van der Waals surface area (Å²) in [6.45, 7) is 15.4. The SMILES string of the molecule is CC(F)OC(C1CCC2=C(CC3C4CCC5C(C)(C)C(OC6CC(O)CCO6)CCC56C(C)C46CCC23C)O1)C(C)(C)O. The van der Waals surface area contributed by atoms with Crippen molar-refractivity contribution in [2.24, 2.45) is 45.3 Å². The first-order valence-corrected chi connectivity index (χ1v) is 17.5. The Labute approximate surface area is 258 Å². The van der Waals surface area contributed by atoms with E-state index in [1.807, 2.05) is 0 Å². The van der Waals surface area contributed by atoms with Gasteiger partial charge < -0.3 is 29.2 Å². The zero-order valence-corrected chi connectivity index (χ0v) is 27.7. The van der Waals surface area contributed by atoms with E-state index in [-0.39, 0.29) is 35.4 Å². The molecule has 0 aromatic rings. The summed E-state index contributed by atoms with van der Waals surface area (Å²) >= 11 is 0. The summed E-state index contributed by atoms with van der Waals surface area (Å²) in [6.07, 6.45) is 8.41. The van der Waals surface area contributed by atoms with Crippen LogP contribution in [0.4, 0.5) is 4.39 Å². The predicted molar refractivity (Wildman–Crippen MR) is 161 cm³/mol. The minimum absolute atomic E-state index is 0.0661. The highest BCUT2D eigenvalue weighted by atomic mass is 19.1. The third-order valence-electron chi connectivity index (χ3n) is 14.6. The van der Waals surface area contributed by atoms with Crippen LogP contribution in [0, 0.1) is 45.3 Å². The van der Waals surface area contributed by atoms with Crippen LogP contribution in [0.3, 0.4) is 0 Å². The van der Waals surface area contributed by atoms with E-state index in [2.05, 4.69) is 27.7 Å². The average Bonchev–Trinajstić information content (AvgIpc) is 3.30. The van der Waals surface area contributed by atoms with Gasteiger partial charge in [-0.05, 0) is 129 Å². The number of ether oxygens (including phenoxy) is 4. The fourth-order valence-electron chi connectivity index (χ4n) is 12.8. The molecule has 13 unspecified atom stereocenters. The molecule has 0 bridgehead atoms. The zero-order chi connectivity index (χ0) is 30.7. The van der Waals surface area contributed by atoms with E-state index < -0.39 is 18.1 Å². The van der Waals surface area contributed by atoms with Crippen LogP contribution in [-0.2, 0) is 18.9 Å². The second-order valence-electron chi connectivity index (χ2n) is 17.1. The minimum Gasteiger partial charge on any atom is -0.492 e. The quantitative estimate of drug-likeness (QED) is 0.316. The maximum absolute atomic E-state index is 14.0. The van der Waals surface area contributed by atoms with Gasteiger partial charge in [-0.25, -0.2) is 4.39 Å². The number of alkyl halides is 1. The summed E-state index contributed by atoms with van der Waals surface area (Å²) in [5, 5.41) is 21.1. The summed E-state index contributed by atoms with van der Waals surface area (Å²) < 4.78 is 39.0. The number of halogens is 1. The van der Waals surface area contributed by atoms with Gasteiger partial charge in [0.15, 0.2) is 12.6 Å². The van der Waals surface area contributed by atoms with Crippen LogP contribution < -0.4 is 0 Å². The van der Waals surface area contributed by atoms with Crippen LogP contribution in [0.2, 0.25) is 0 Å². The Morgan fingerprint density at radius 2 is 1.77 bits per heavy atom. The molecule has 2 N–H and O–H groups in total. The fraction of sp³-hybridized carbons (Fsp3) is 0.944. The maximum Gasteiger partial charge on any atom is 0.196 e. The number of hydrogen-bond donors (Lipinski definition) is 2. The minimum atomic E-state index is -1.45. The molecule has 2 heterocycles. The Morgan fingerprint density at radius 3 is 2.47 bits per heavy atom. The van der Waals surface area contributed by atoms with Crippen molar-refractivity contribution in [3.63, 3.8) is 0 Å². The lowest BCUT2D eigenvalue weighted by atomic mass is 9.46. The number of aliphatic hydroxyl groups is 2. The fourth-order valence-corrected chi connectivity index (χ4v) is 12.8. The van der Waals surface area contributed by atoms with Crippen molar-refractivity contribution < 1.29 is 33.6 Å². The van der Waals surface area contributed by atoms with Gasteiger partial charge in [-0.3, -0.25) is 0 Å². The van der Waals surface area contributed by atoms with Crippen molar-refractivity contribution >= 4 is 0 Å². The molecule has 2 aliphatic heterocycles. The van der Waals surface area contributed by atoms with E-state index in [4.69, 9.17) is 18.9 Å². The Kier molecular flexibility index (Phi) is 7.28. The van der Waals surface area contributed by atoms with E-state index in [0.29, 0.717) is 48.0 Å². The van der Waals surface area contributed by atoms with Crippen molar-refractivity contribution in [1.29, 1.82) is 0 Å². The Bertz CT molecular complexity index is 1130. The van der Waals surface area contributed by atoms with Crippen molar-refractivity contribution in [2.45, 2.75) is 162 Å². The standard InChI is InChI=1S/C36H57FO6/c1-20-35-16-15-34(7)24-8-10-26(31(33(5,6)39)41-21(2)37)42-27(24)19-25(34)23(35)9-11-28-32(3,4)29(12-14-36(20,28)35)43-30-18-22(38)13-17-40-30/h20-23,25-26,28-31,38-39H,8-19H2,1-7H3. The second kappa shape index (κ2) is 10.1. The van der Waals surface area contributed by atoms with E-state index in [0.717, 1.165) is 37.4 Å². The second-order valence-corrected chi connectivity index (χ2v) is 17.1. The topological polar surface area (TPSA) is 77.4 Å². The van der Waals surface area contributed by atoms with Crippen molar-refractivity contribution in [3.8, 4) is 0 Å². The van der Waals surface area contributed by atoms with Crippen LogP contribution in [-0.4, -0.2) is 59.5 Å². The first-order chi connectivity index (χ1) is 20.2. The molecular weight excluding hydrogens is 547 g/mol. The lowest BCUT2D eigenvalue weighted by Crippen LogP contribution is -2.55. The van der Waals surface area contributed by atoms with Crippen LogP contribution >= 0.6 is 0 Å². The summed E-state index contributed by atoms with van der Waals surface area (Å²) in [6, 6.07) is 0. The van der Waals surface area contributed by atoms with Gasteiger partial charge in [-0.2, -0.15) is 0 Å². The van der Waals surface area contributed by atoms with E-state index in [1.54, 1.807) is 13.8 Å². The lowest BCUT2D eigenvalue weighted by molar-refractivity contribution is -0.248. The highest BCUT2D eigenvalue weighted by molar-refractivity contribution is 5.37. The van der Waals surface area contributed by atoms with Gasteiger partial charge in [0.1, 0.15) is 12.2 Å². The molecule has 4 saturated carbocycles. The molecule has 7 heteroatoms. The molecule has 244 valence electrons. The summed E-state index contributed by atoms with van der Waals surface area (Å²) in [5.74, 6) is 3.77. The molecule has 0 aromatic carbocycles. The Hall–Kier alpha value is -0.730. The molecule has 13 atom stereocenters. The van der Waals surface area contributed by atoms with E-state index in [9.17, 15) is 14.6 Å². The van der Waals surface area contributed by atoms with Gasteiger partial charge in [0.25, 0.3) is 0 Å². The first kappa shape index (κ1) is 30.9. The normalized spacial score (nSPS) is 49.9. The molecule has 7 rings (SSSR count). The molecule has 5 fully saturated rings. The summed E-state index contributed by atoms with van der Waals surface area (Å²) in [4.78, 5) is 0. The molecule has 0 aromatic heterocycles. The van der Waals surface area contributed by atoms with Crippen LogP contribution in [0.15, 0.2) is 11.3 Å². The third-order valence-corrected chi connectivity index (χ3v) is 14.6. The number of rotatable bonds is 6. The molecule has 0 radical (unpaired) electrons. The maximum atomic E-state index is 14.0. The third kappa shape index (κ3) is 4.33. The van der Waals surface area contributed by atoms with Gasteiger partial charge in [0, 0.05) is 12.8 Å². The zero-order valence-electron chi connectivity index (χ0n) is 27.7. The van der Waals surface area contributed by atoms with Gasteiger partial charge in [0.05, 0.1) is 30.2 Å². The van der Waals surface area contributed by atoms with Crippen LogP contribution in [0.25, 0.3) is 0 Å². The molecule has 0 amide bonds. The first-order valence-electron chi connectivity index (χ1n) is 17.5. The molecule has 2 spiro atoms. The van der Waals surface area contributed by atoms with Gasteiger partial charge in [-0.1, -0.05) is 27.7 Å². The monoisotopic (exact) mass is 604 g/mol. The smallest absolute Gasteiger partial charge is 0.196 e.